The van der Waals surface area contributed by atoms with E-state index in [1.165, 1.54) is 31.4 Å². The van der Waals surface area contributed by atoms with E-state index in [2.05, 4.69) is 20.8 Å². The highest BCUT2D eigenvalue weighted by molar-refractivity contribution is 5.49. The molecule has 7 heterocycles. The van der Waals surface area contributed by atoms with Crippen molar-refractivity contribution in [2.24, 2.45) is 0 Å². The average molecular weight is 408 g/mol. The van der Waals surface area contributed by atoms with Gasteiger partial charge in [-0.15, -0.1) is 0 Å². The molecule has 2 bridgehead atoms. The van der Waals surface area contributed by atoms with Crippen molar-refractivity contribution >= 4 is 17.8 Å². The van der Waals surface area contributed by atoms with E-state index >= 15 is 0 Å². The van der Waals surface area contributed by atoms with Gasteiger partial charge in [0, 0.05) is 63.0 Å². The topological polar surface area (TPSA) is 70.4 Å². The summed E-state index contributed by atoms with van der Waals surface area (Å²) in [6, 6.07) is 5.95. The maximum Gasteiger partial charge on any atom is 0.250 e. The van der Waals surface area contributed by atoms with Crippen LogP contribution in [0.3, 0.4) is 0 Å². The van der Waals surface area contributed by atoms with Crippen molar-refractivity contribution in [1.29, 1.82) is 0 Å². The van der Waals surface area contributed by atoms with Gasteiger partial charge >= 0.3 is 0 Å². The van der Waals surface area contributed by atoms with E-state index in [1.54, 1.807) is 6.07 Å². The Kier molecular flexibility index (Phi) is 4.39. The van der Waals surface area contributed by atoms with Gasteiger partial charge in [0.15, 0.2) is 0 Å². The number of fused-ring (bicyclic) bond motifs is 2. The third-order valence-electron chi connectivity index (χ3n) is 7.24. The van der Waals surface area contributed by atoms with Crippen LogP contribution in [-0.2, 0) is 6.54 Å². The lowest BCUT2D eigenvalue weighted by Gasteiger charge is -2.36. The number of hydrogen-bond donors (Lipinski definition) is 0. The van der Waals surface area contributed by atoms with Crippen LogP contribution in [0, 0.1) is 0 Å². The molecule has 158 valence electrons. The van der Waals surface area contributed by atoms with Crippen LogP contribution >= 0.6 is 0 Å². The first-order chi connectivity index (χ1) is 14.8. The smallest absolute Gasteiger partial charge is 0.250 e. The Morgan fingerprint density at radius 1 is 0.767 bits per heavy atom. The fraction of sp³-hybridized carbons (Fsp3) is 0.636. The lowest BCUT2D eigenvalue weighted by atomic mass is 9.92. The minimum Gasteiger partial charge on any atom is -0.341 e. The van der Waals surface area contributed by atoms with E-state index < -0.39 is 0 Å². The number of pyridine rings is 1. The van der Waals surface area contributed by atoms with Crippen LogP contribution in [0.15, 0.2) is 23.0 Å². The summed E-state index contributed by atoms with van der Waals surface area (Å²) >= 11 is 0. The van der Waals surface area contributed by atoms with Crippen molar-refractivity contribution in [2.75, 3.05) is 47.4 Å². The maximum absolute atomic E-state index is 12.5. The van der Waals surface area contributed by atoms with Crippen LogP contribution in [-0.4, -0.2) is 58.3 Å². The van der Waals surface area contributed by atoms with E-state index in [0.717, 1.165) is 70.0 Å². The first kappa shape index (κ1) is 18.2. The van der Waals surface area contributed by atoms with E-state index in [9.17, 15) is 4.79 Å². The van der Waals surface area contributed by atoms with Crippen molar-refractivity contribution in [3.05, 3.63) is 34.2 Å². The Bertz CT molecular complexity index is 959. The summed E-state index contributed by atoms with van der Waals surface area (Å²) in [5.74, 6) is 2.80. The van der Waals surface area contributed by atoms with Gasteiger partial charge in [-0.2, -0.15) is 15.0 Å². The van der Waals surface area contributed by atoms with Gasteiger partial charge in [-0.1, -0.05) is 6.07 Å². The highest BCUT2D eigenvalue weighted by atomic mass is 16.1. The molecule has 5 aliphatic rings. The number of nitrogens with zero attached hydrogens (tertiary/aromatic N) is 7. The summed E-state index contributed by atoms with van der Waals surface area (Å²) < 4.78 is 1.98. The summed E-state index contributed by atoms with van der Waals surface area (Å²) in [5, 5.41) is 0. The molecule has 2 aromatic rings. The van der Waals surface area contributed by atoms with E-state index in [-0.39, 0.29) is 11.6 Å². The van der Waals surface area contributed by atoms with Crippen LogP contribution in [0.2, 0.25) is 0 Å². The standard InChI is InChI=1S/C22H29N7O/c30-19-7-5-6-18-16-8-9-17(15-29(18)19)28(14-16)22-24-20(26-10-1-2-11-26)23-21(25-22)27-12-3-4-13-27/h5-7,16-17H,1-4,8-15H2. The van der Waals surface area contributed by atoms with Crippen LogP contribution in [0.25, 0.3) is 0 Å². The number of hydrogen-bond acceptors (Lipinski definition) is 7. The predicted molar refractivity (Wildman–Crippen MR) is 117 cm³/mol. The highest BCUT2D eigenvalue weighted by Gasteiger charge is 2.37. The van der Waals surface area contributed by atoms with Crippen LogP contribution in [0.4, 0.5) is 17.8 Å². The zero-order valence-corrected chi connectivity index (χ0v) is 17.4. The van der Waals surface area contributed by atoms with Crippen molar-refractivity contribution in [1.82, 2.24) is 19.5 Å². The summed E-state index contributed by atoms with van der Waals surface area (Å²) in [5.41, 5.74) is 1.28. The second-order valence-corrected chi connectivity index (χ2v) is 9.10. The molecule has 8 nitrogen and oxygen atoms in total. The van der Waals surface area contributed by atoms with Crippen LogP contribution in [0.1, 0.15) is 50.1 Å². The van der Waals surface area contributed by atoms with Gasteiger partial charge in [-0.3, -0.25) is 4.79 Å². The largest absolute Gasteiger partial charge is 0.341 e. The number of anilines is 3. The Hall–Kier alpha value is -2.64. The van der Waals surface area contributed by atoms with Crippen molar-refractivity contribution < 1.29 is 0 Å². The van der Waals surface area contributed by atoms with E-state index in [0.29, 0.717) is 5.92 Å². The Labute approximate surface area is 176 Å². The molecule has 3 saturated heterocycles. The molecule has 5 aliphatic heterocycles. The quantitative estimate of drug-likeness (QED) is 0.771. The van der Waals surface area contributed by atoms with Crippen LogP contribution in [0.5, 0.6) is 0 Å². The van der Waals surface area contributed by atoms with Crippen molar-refractivity contribution in [2.45, 2.75) is 57.0 Å². The lowest BCUT2D eigenvalue weighted by Crippen LogP contribution is -2.44. The SMILES string of the molecule is O=c1cccc2n1CC1CCC2CN1c1nc(N2CCCC2)nc(N2CCCC2)n1. The summed E-state index contributed by atoms with van der Waals surface area (Å²) in [4.78, 5) is 34.3. The summed E-state index contributed by atoms with van der Waals surface area (Å²) in [6.45, 7) is 5.68. The third-order valence-corrected chi connectivity index (χ3v) is 7.24. The number of aromatic nitrogens is 4. The first-order valence-electron chi connectivity index (χ1n) is 11.5. The molecule has 0 radical (unpaired) electrons. The van der Waals surface area contributed by atoms with E-state index in [1.807, 2.05) is 10.6 Å². The molecule has 2 unspecified atom stereocenters. The van der Waals surface area contributed by atoms with Gasteiger partial charge in [-0.05, 0) is 44.6 Å². The molecule has 0 spiro atoms. The second kappa shape index (κ2) is 7.25. The van der Waals surface area contributed by atoms with Gasteiger partial charge < -0.3 is 19.3 Å². The maximum atomic E-state index is 12.5. The molecule has 0 aromatic carbocycles. The fourth-order valence-electron chi connectivity index (χ4n) is 5.59. The predicted octanol–water partition coefficient (Wildman–Crippen LogP) is 2.00. The molecule has 3 fully saturated rings. The zero-order valence-electron chi connectivity index (χ0n) is 17.4. The van der Waals surface area contributed by atoms with Crippen LogP contribution < -0.4 is 20.3 Å². The number of piperidine rings is 1. The van der Waals surface area contributed by atoms with Gasteiger partial charge in [0.05, 0.1) is 0 Å². The molecular formula is C22H29N7O. The molecule has 2 aromatic heterocycles. The minimum absolute atomic E-state index is 0.109. The molecule has 2 atom stereocenters. The molecule has 8 heteroatoms. The second-order valence-electron chi connectivity index (χ2n) is 9.10. The molecule has 0 N–H and O–H groups in total. The molecule has 0 amide bonds. The Morgan fingerprint density at radius 3 is 2.07 bits per heavy atom. The van der Waals surface area contributed by atoms with Gasteiger partial charge in [-0.25, -0.2) is 0 Å². The third kappa shape index (κ3) is 3.04. The minimum atomic E-state index is 0.109. The van der Waals surface area contributed by atoms with Gasteiger partial charge in [0.1, 0.15) is 0 Å². The summed E-state index contributed by atoms with van der Waals surface area (Å²) in [6.07, 6.45) is 6.99. The Balaban J connectivity index is 1.40. The molecule has 7 rings (SSSR count). The van der Waals surface area contributed by atoms with Crippen molar-refractivity contribution in [3.63, 3.8) is 0 Å². The highest BCUT2D eigenvalue weighted by Crippen LogP contribution is 2.36. The molecule has 30 heavy (non-hydrogen) atoms. The lowest BCUT2D eigenvalue weighted by molar-refractivity contribution is 0.421. The fourth-order valence-corrected chi connectivity index (χ4v) is 5.59. The zero-order chi connectivity index (χ0) is 20.1. The molecule has 0 saturated carbocycles. The van der Waals surface area contributed by atoms with Gasteiger partial charge in [0.25, 0.3) is 5.56 Å². The Morgan fingerprint density at radius 2 is 1.40 bits per heavy atom. The van der Waals surface area contributed by atoms with Gasteiger partial charge in [0.2, 0.25) is 17.8 Å². The molecular weight excluding hydrogens is 378 g/mol. The average Bonchev–Trinajstić information content (AvgIpc) is 3.45. The normalized spacial score (nSPS) is 25.7. The van der Waals surface area contributed by atoms with Crippen molar-refractivity contribution in [3.8, 4) is 0 Å². The summed E-state index contributed by atoms with van der Waals surface area (Å²) in [7, 11) is 0. The number of rotatable bonds is 3. The molecule has 0 aliphatic carbocycles. The first-order valence-corrected chi connectivity index (χ1v) is 11.5. The van der Waals surface area contributed by atoms with E-state index in [4.69, 9.17) is 15.0 Å². The monoisotopic (exact) mass is 407 g/mol.